The van der Waals surface area contributed by atoms with E-state index in [0.29, 0.717) is 0 Å². The molecule has 0 amide bonds. The highest BCUT2D eigenvalue weighted by molar-refractivity contribution is 5.40. The van der Waals surface area contributed by atoms with E-state index in [1.807, 2.05) is 0 Å². The van der Waals surface area contributed by atoms with Gasteiger partial charge in [-0.1, -0.05) is 24.3 Å². The molecule has 1 nitrogen and oxygen atoms in total. The first kappa shape index (κ1) is 8.49. The van der Waals surface area contributed by atoms with Gasteiger partial charge in [0, 0.05) is 12.5 Å². The van der Waals surface area contributed by atoms with Gasteiger partial charge in [-0.25, -0.2) is 0 Å². The molecule has 2 aliphatic rings. The van der Waals surface area contributed by atoms with Crippen molar-refractivity contribution in [1.82, 2.24) is 5.32 Å². The Kier molecular flexibility index (Phi) is 2.06. The van der Waals surface area contributed by atoms with Crippen LogP contribution in [0.4, 0.5) is 0 Å². The molecule has 0 aliphatic heterocycles. The lowest BCUT2D eigenvalue weighted by Crippen LogP contribution is -2.30. The summed E-state index contributed by atoms with van der Waals surface area (Å²) in [5.74, 6) is 1.80. The fraction of sp³-hybridized carbons (Fsp3) is 0.538. The summed E-state index contributed by atoms with van der Waals surface area (Å²) < 4.78 is 0. The molecule has 0 bridgehead atoms. The van der Waals surface area contributed by atoms with E-state index in [9.17, 15) is 0 Å². The number of fused-ring (bicyclic) bond motifs is 1. The van der Waals surface area contributed by atoms with Crippen molar-refractivity contribution in [2.75, 3.05) is 13.1 Å². The Labute approximate surface area is 85.5 Å². The third-order valence-electron chi connectivity index (χ3n) is 3.48. The third kappa shape index (κ3) is 1.57. The SMILES string of the molecule is c1ccc2c(c1)CC2CNCC1CC1. The first-order valence-electron chi connectivity index (χ1n) is 5.72. The Morgan fingerprint density at radius 1 is 1.14 bits per heavy atom. The highest BCUT2D eigenvalue weighted by atomic mass is 14.9. The van der Waals surface area contributed by atoms with Gasteiger partial charge < -0.3 is 5.32 Å². The van der Waals surface area contributed by atoms with E-state index in [0.717, 1.165) is 11.8 Å². The lowest BCUT2D eigenvalue weighted by Gasteiger charge is -2.30. The number of rotatable bonds is 4. The molecule has 1 saturated carbocycles. The zero-order valence-electron chi connectivity index (χ0n) is 8.50. The summed E-state index contributed by atoms with van der Waals surface area (Å²) in [6.45, 7) is 2.44. The second-order valence-electron chi connectivity index (χ2n) is 4.70. The van der Waals surface area contributed by atoms with Crippen LogP contribution in [0.25, 0.3) is 0 Å². The zero-order chi connectivity index (χ0) is 9.38. The quantitative estimate of drug-likeness (QED) is 0.763. The molecule has 1 fully saturated rings. The normalized spacial score (nSPS) is 24.1. The summed E-state index contributed by atoms with van der Waals surface area (Å²) >= 11 is 0. The number of nitrogens with one attached hydrogen (secondary N) is 1. The molecule has 0 aromatic heterocycles. The van der Waals surface area contributed by atoms with E-state index >= 15 is 0 Å². The predicted molar refractivity (Wildman–Crippen MR) is 58.5 cm³/mol. The molecule has 1 aromatic carbocycles. The van der Waals surface area contributed by atoms with Crippen molar-refractivity contribution in [3.63, 3.8) is 0 Å². The minimum atomic E-state index is 0.796. The van der Waals surface area contributed by atoms with E-state index in [4.69, 9.17) is 0 Å². The number of hydrogen-bond donors (Lipinski definition) is 1. The van der Waals surface area contributed by atoms with E-state index in [2.05, 4.69) is 29.6 Å². The molecule has 2 aliphatic carbocycles. The van der Waals surface area contributed by atoms with Gasteiger partial charge in [0.05, 0.1) is 0 Å². The van der Waals surface area contributed by atoms with Crippen molar-refractivity contribution >= 4 is 0 Å². The standard InChI is InChI=1S/C13H17N/c1-2-4-13-11(3-1)7-12(13)9-14-8-10-5-6-10/h1-4,10,12,14H,5-9H2. The molecular weight excluding hydrogens is 170 g/mol. The van der Waals surface area contributed by atoms with Crippen molar-refractivity contribution < 1.29 is 0 Å². The number of hydrogen-bond acceptors (Lipinski definition) is 1. The molecule has 74 valence electrons. The van der Waals surface area contributed by atoms with Crippen LogP contribution in [0, 0.1) is 5.92 Å². The monoisotopic (exact) mass is 187 g/mol. The van der Waals surface area contributed by atoms with Gasteiger partial charge >= 0.3 is 0 Å². The Morgan fingerprint density at radius 3 is 2.79 bits per heavy atom. The summed E-state index contributed by atoms with van der Waals surface area (Å²) in [5.41, 5.74) is 3.14. The van der Waals surface area contributed by atoms with Crippen molar-refractivity contribution in [2.24, 2.45) is 5.92 Å². The van der Waals surface area contributed by atoms with Crippen LogP contribution in [-0.2, 0) is 6.42 Å². The van der Waals surface area contributed by atoms with Gasteiger partial charge in [0.2, 0.25) is 0 Å². The molecule has 0 saturated heterocycles. The zero-order valence-corrected chi connectivity index (χ0v) is 8.50. The van der Waals surface area contributed by atoms with Gasteiger partial charge in [-0.2, -0.15) is 0 Å². The van der Waals surface area contributed by atoms with Crippen LogP contribution in [-0.4, -0.2) is 13.1 Å². The minimum Gasteiger partial charge on any atom is -0.316 e. The number of benzene rings is 1. The molecule has 1 aromatic rings. The maximum atomic E-state index is 3.59. The van der Waals surface area contributed by atoms with E-state index in [-0.39, 0.29) is 0 Å². The lowest BCUT2D eigenvalue weighted by atomic mass is 9.77. The fourth-order valence-corrected chi connectivity index (χ4v) is 2.33. The van der Waals surface area contributed by atoms with Crippen LogP contribution < -0.4 is 5.32 Å². The smallest absolute Gasteiger partial charge is 0.00235 e. The first-order chi connectivity index (χ1) is 6.93. The van der Waals surface area contributed by atoms with Gasteiger partial charge in [0.1, 0.15) is 0 Å². The van der Waals surface area contributed by atoms with Crippen LogP contribution in [0.15, 0.2) is 24.3 Å². The Morgan fingerprint density at radius 2 is 2.00 bits per heavy atom. The maximum absolute atomic E-state index is 3.59. The predicted octanol–water partition coefficient (Wildman–Crippen LogP) is 2.33. The second-order valence-corrected chi connectivity index (χ2v) is 4.70. The van der Waals surface area contributed by atoms with Crippen molar-refractivity contribution in [3.05, 3.63) is 35.4 Å². The molecule has 0 spiro atoms. The molecule has 0 heterocycles. The molecule has 1 atom stereocenters. The Balaban J connectivity index is 1.51. The van der Waals surface area contributed by atoms with Crippen LogP contribution in [0.5, 0.6) is 0 Å². The van der Waals surface area contributed by atoms with Crippen molar-refractivity contribution in [3.8, 4) is 0 Å². The average Bonchev–Trinajstić information content (AvgIpc) is 2.97. The minimum absolute atomic E-state index is 0.796. The van der Waals surface area contributed by atoms with E-state index < -0.39 is 0 Å². The summed E-state index contributed by atoms with van der Waals surface area (Å²) in [6.07, 6.45) is 4.19. The van der Waals surface area contributed by atoms with E-state index in [1.54, 1.807) is 11.1 Å². The van der Waals surface area contributed by atoms with Gasteiger partial charge in [-0.15, -0.1) is 0 Å². The van der Waals surface area contributed by atoms with Crippen LogP contribution in [0.2, 0.25) is 0 Å². The molecule has 1 unspecified atom stereocenters. The molecule has 0 radical (unpaired) electrons. The molecule has 1 heteroatoms. The highest BCUT2D eigenvalue weighted by Gasteiger charge is 2.26. The van der Waals surface area contributed by atoms with E-state index in [1.165, 1.54) is 32.4 Å². The maximum Gasteiger partial charge on any atom is 0.00235 e. The van der Waals surface area contributed by atoms with Gasteiger partial charge in [0.15, 0.2) is 0 Å². The van der Waals surface area contributed by atoms with Gasteiger partial charge in [0.25, 0.3) is 0 Å². The summed E-state index contributed by atoms with van der Waals surface area (Å²) in [4.78, 5) is 0. The Hall–Kier alpha value is -0.820. The molecule has 14 heavy (non-hydrogen) atoms. The molecule has 3 rings (SSSR count). The van der Waals surface area contributed by atoms with Gasteiger partial charge in [-0.05, 0) is 42.9 Å². The molecular formula is C13H17N. The van der Waals surface area contributed by atoms with Crippen LogP contribution in [0.3, 0.4) is 0 Å². The highest BCUT2D eigenvalue weighted by Crippen LogP contribution is 2.34. The van der Waals surface area contributed by atoms with Gasteiger partial charge in [-0.3, -0.25) is 0 Å². The summed E-state index contributed by atoms with van der Waals surface area (Å²) in [6, 6.07) is 8.84. The first-order valence-corrected chi connectivity index (χ1v) is 5.72. The summed E-state index contributed by atoms with van der Waals surface area (Å²) in [5, 5.41) is 3.59. The molecule has 1 N–H and O–H groups in total. The largest absolute Gasteiger partial charge is 0.316 e. The topological polar surface area (TPSA) is 12.0 Å². The van der Waals surface area contributed by atoms with Crippen LogP contribution in [0.1, 0.15) is 29.9 Å². The lowest BCUT2D eigenvalue weighted by molar-refractivity contribution is 0.524. The average molecular weight is 187 g/mol. The van der Waals surface area contributed by atoms with Crippen molar-refractivity contribution in [2.45, 2.75) is 25.2 Å². The van der Waals surface area contributed by atoms with Crippen molar-refractivity contribution in [1.29, 1.82) is 0 Å². The summed E-state index contributed by atoms with van der Waals surface area (Å²) in [7, 11) is 0. The second kappa shape index (κ2) is 3.39. The Bertz CT molecular complexity index is 328. The third-order valence-corrected chi connectivity index (χ3v) is 3.48. The fourth-order valence-electron chi connectivity index (χ4n) is 2.33. The van der Waals surface area contributed by atoms with Crippen LogP contribution >= 0.6 is 0 Å².